The molecule has 0 unspecified atom stereocenters. The Balaban J connectivity index is 1.59. The molecule has 7 nitrogen and oxygen atoms in total. The van der Waals surface area contributed by atoms with Crippen LogP contribution in [0, 0.1) is 0 Å². The summed E-state index contributed by atoms with van der Waals surface area (Å²) in [5.41, 5.74) is 2.61. The molecule has 2 amide bonds. The van der Waals surface area contributed by atoms with E-state index >= 15 is 0 Å². The molecule has 0 bridgehead atoms. The number of amides is 2. The standard InChI is InChI=1S/C13H15N5O2/c19-12-9-10(15-16-12)13(20)18-7-5-17(6-8-18)11-3-1-2-4-14-11/h1-4H,5-9H2,(H,16,19). The summed E-state index contributed by atoms with van der Waals surface area (Å²) >= 11 is 0. The van der Waals surface area contributed by atoms with E-state index in [1.807, 2.05) is 18.2 Å². The first-order valence-corrected chi connectivity index (χ1v) is 6.55. The maximum atomic E-state index is 12.2. The summed E-state index contributed by atoms with van der Waals surface area (Å²) in [4.78, 5) is 31.4. The number of carbonyl (C=O) groups is 2. The van der Waals surface area contributed by atoms with E-state index in [2.05, 4.69) is 20.4 Å². The number of hydrogen-bond acceptors (Lipinski definition) is 5. The van der Waals surface area contributed by atoms with Crippen molar-refractivity contribution in [2.24, 2.45) is 5.10 Å². The predicted octanol–water partition coefficient (Wildman–Crippen LogP) is -0.394. The van der Waals surface area contributed by atoms with Gasteiger partial charge in [0.05, 0.1) is 6.42 Å². The summed E-state index contributed by atoms with van der Waals surface area (Å²) < 4.78 is 0. The lowest BCUT2D eigenvalue weighted by Gasteiger charge is -2.35. The van der Waals surface area contributed by atoms with Gasteiger partial charge in [-0.2, -0.15) is 5.10 Å². The molecule has 3 heterocycles. The topological polar surface area (TPSA) is 77.9 Å². The Bertz CT molecular complexity index is 549. The zero-order chi connectivity index (χ0) is 13.9. The van der Waals surface area contributed by atoms with Gasteiger partial charge in [-0.3, -0.25) is 9.59 Å². The SMILES string of the molecule is O=C1CC(C(=O)N2CCN(c3ccccn3)CC2)=NN1. The van der Waals surface area contributed by atoms with E-state index in [0.717, 1.165) is 18.9 Å². The van der Waals surface area contributed by atoms with Crippen LogP contribution in [-0.2, 0) is 9.59 Å². The van der Waals surface area contributed by atoms with Crippen molar-refractivity contribution in [3.63, 3.8) is 0 Å². The summed E-state index contributed by atoms with van der Waals surface area (Å²) in [6.07, 6.45) is 1.84. The molecule has 0 spiro atoms. The van der Waals surface area contributed by atoms with Gasteiger partial charge in [0.2, 0.25) is 5.91 Å². The second-order valence-electron chi connectivity index (χ2n) is 4.74. The lowest BCUT2D eigenvalue weighted by molar-refractivity contribution is -0.125. The minimum Gasteiger partial charge on any atom is -0.353 e. The van der Waals surface area contributed by atoms with Crippen molar-refractivity contribution in [2.75, 3.05) is 31.1 Å². The number of pyridine rings is 1. The summed E-state index contributed by atoms with van der Waals surface area (Å²) in [6.45, 7) is 2.69. The Kier molecular flexibility index (Phi) is 3.32. The Morgan fingerprint density at radius 3 is 2.60 bits per heavy atom. The van der Waals surface area contributed by atoms with E-state index in [0.29, 0.717) is 18.8 Å². The number of hydrazone groups is 1. The number of aromatic nitrogens is 1. The van der Waals surface area contributed by atoms with E-state index in [1.54, 1.807) is 11.1 Å². The summed E-state index contributed by atoms with van der Waals surface area (Å²) in [6, 6.07) is 5.79. The van der Waals surface area contributed by atoms with Crippen LogP contribution in [0.4, 0.5) is 5.82 Å². The fourth-order valence-corrected chi connectivity index (χ4v) is 2.35. The lowest BCUT2D eigenvalue weighted by atomic mass is 10.2. The van der Waals surface area contributed by atoms with E-state index in [-0.39, 0.29) is 18.2 Å². The molecule has 0 radical (unpaired) electrons. The van der Waals surface area contributed by atoms with E-state index < -0.39 is 0 Å². The molecule has 1 aromatic heterocycles. The molecule has 7 heteroatoms. The number of anilines is 1. The Morgan fingerprint density at radius 2 is 2.00 bits per heavy atom. The van der Waals surface area contributed by atoms with Crippen LogP contribution in [-0.4, -0.2) is 53.6 Å². The van der Waals surface area contributed by atoms with Gasteiger partial charge in [0.1, 0.15) is 11.5 Å². The van der Waals surface area contributed by atoms with E-state index in [1.165, 1.54) is 0 Å². The molecule has 1 fully saturated rings. The van der Waals surface area contributed by atoms with Crippen LogP contribution < -0.4 is 10.3 Å². The molecule has 1 N–H and O–H groups in total. The van der Waals surface area contributed by atoms with Crippen molar-refractivity contribution in [3.8, 4) is 0 Å². The molecule has 3 rings (SSSR count). The molecule has 2 aliphatic rings. The summed E-state index contributed by atoms with van der Waals surface area (Å²) in [5.74, 6) is 0.555. The van der Waals surface area contributed by atoms with Gasteiger partial charge < -0.3 is 9.80 Å². The average molecular weight is 273 g/mol. The fraction of sp³-hybridized carbons (Fsp3) is 0.385. The highest BCUT2D eigenvalue weighted by atomic mass is 16.2. The Labute approximate surface area is 116 Å². The third-order valence-corrected chi connectivity index (χ3v) is 3.43. The van der Waals surface area contributed by atoms with Crippen LogP contribution in [0.5, 0.6) is 0 Å². The third-order valence-electron chi connectivity index (χ3n) is 3.43. The van der Waals surface area contributed by atoms with Gasteiger partial charge >= 0.3 is 0 Å². The van der Waals surface area contributed by atoms with Gasteiger partial charge in [-0.25, -0.2) is 10.4 Å². The van der Waals surface area contributed by atoms with Crippen molar-refractivity contribution >= 4 is 23.3 Å². The lowest BCUT2D eigenvalue weighted by Crippen LogP contribution is -2.50. The Hall–Kier alpha value is -2.44. The molecule has 0 aliphatic carbocycles. The Morgan fingerprint density at radius 1 is 1.20 bits per heavy atom. The zero-order valence-corrected chi connectivity index (χ0v) is 11.0. The van der Waals surface area contributed by atoms with Gasteiger partial charge in [0.15, 0.2) is 0 Å². The zero-order valence-electron chi connectivity index (χ0n) is 11.0. The molecule has 0 atom stereocenters. The highest BCUT2D eigenvalue weighted by Gasteiger charge is 2.28. The average Bonchev–Trinajstić information content (AvgIpc) is 2.94. The first-order valence-electron chi connectivity index (χ1n) is 6.55. The second-order valence-corrected chi connectivity index (χ2v) is 4.74. The number of piperazine rings is 1. The van der Waals surface area contributed by atoms with Crippen molar-refractivity contribution in [3.05, 3.63) is 24.4 Å². The van der Waals surface area contributed by atoms with Crippen LogP contribution >= 0.6 is 0 Å². The van der Waals surface area contributed by atoms with Crippen LogP contribution in [0.15, 0.2) is 29.5 Å². The maximum absolute atomic E-state index is 12.2. The number of hydrogen-bond donors (Lipinski definition) is 1. The van der Waals surface area contributed by atoms with Crippen LogP contribution in [0.3, 0.4) is 0 Å². The van der Waals surface area contributed by atoms with E-state index in [4.69, 9.17) is 0 Å². The molecule has 1 aromatic rings. The summed E-state index contributed by atoms with van der Waals surface area (Å²) in [7, 11) is 0. The summed E-state index contributed by atoms with van der Waals surface area (Å²) in [5, 5.41) is 3.77. The molecule has 0 saturated carbocycles. The number of nitrogens with zero attached hydrogens (tertiary/aromatic N) is 4. The first kappa shape index (κ1) is 12.6. The predicted molar refractivity (Wildman–Crippen MR) is 73.2 cm³/mol. The molecule has 20 heavy (non-hydrogen) atoms. The number of carbonyl (C=O) groups excluding carboxylic acids is 2. The third kappa shape index (κ3) is 2.47. The van der Waals surface area contributed by atoms with Crippen LogP contribution in [0.25, 0.3) is 0 Å². The van der Waals surface area contributed by atoms with Gasteiger partial charge in [-0.1, -0.05) is 6.07 Å². The minimum absolute atomic E-state index is 0.0826. The van der Waals surface area contributed by atoms with Gasteiger partial charge in [0, 0.05) is 32.4 Å². The van der Waals surface area contributed by atoms with Crippen molar-refractivity contribution in [1.29, 1.82) is 0 Å². The quantitative estimate of drug-likeness (QED) is 0.796. The largest absolute Gasteiger partial charge is 0.353 e. The van der Waals surface area contributed by atoms with Crippen LogP contribution in [0.1, 0.15) is 6.42 Å². The van der Waals surface area contributed by atoms with Gasteiger partial charge in [-0.05, 0) is 12.1 Å². The molecular weight excluding hydrogens is 258 g/mol. The minimum atomic E-state index is -0.222. The molecule has 2 aliphatic heterocycles. The fourth-order valence-electron chi connectivity index (χ4n) is 2.35. The molecule has 0 aromatic carbocycles. The van der Waals surface area contributed by atoms with Crippen molar-refractivity contribution in [1.82, 2.24) is 15.3 Å². The monoisotopic (exact) mass is 273 g/mol. The smallest absolute Gasteiger partial charge is 0.270 e. The second kappa shape index (κ2) is 5.28. The molecule has 104 valence electrons. The van der Waals surface area contributed by atoms with Crippen LogP contribution in [0.2, 0.25) is 0 Å². The van der Waals surface area contributed by atoms with Gasteiger partial charge in [-0.15, -0.1) is 0 Å². The van der Waals surface area contributed by atoms with E-state index in [9.17, 15) is 9.59 Å². The maximum Gasteiger partial charge on any atom is 0.270 e. The van der Waals surface area contributed by atoms with Crippen molar-refractivity contribution < 1.29 is 9.59 Å². The normalized spacial score (nSPS) is 18.8. The highest BCUT2D eigenvalue weighted by Crippen LogP contribution is 2.13. The van der Waals surface area contributed by atoms with Gasteiger partial charge in [0.25, 0.3) is 5.91 Å². The number of rotatable bonds is 2. The molecular formula is C13H15N5O2. The highest BCUT2D eigenvalue weighted by molar-refractivity contribution is 6.43. The molecule has 1 saturated heterocycles. The first-order chi connectivity index (χ1) is 9.74. The number of nitrogens with one attached hydrogen (secondary N) is 1. The van der Waals surface area contributed by atoms with Crippen molar-refractivity contribution in [2.45, 2.75) is 6.42 Å².